The lowest BCUT2D eigenvalue weighted by Gasteiger charge is -2.09. The van der Waals surface area contributed by atoms with Gasteiger partial charge in [0.25, 0.3) is 0 Å². The molecule has 3 N–H and O–H groups in total. The molecule has 0 radical (unpaired) electrons. The number of nitrogens with zero attached hydrogens (tertiary/aromatic N) is 2. The maximum absolute atomic E-state index is 12.1. The molecule has 0 fully saturated rings. The molecule has 1 heterocycles. The number of unbranched alkanes of at least 4 members (excludes halogenated alkanes) is 1. The lowest BCUT2D eigenvalue weighted by molar-refractivity contribution is 0.0495. The number of carbonyl (C=O) groups excluding carboxylic acids is 1. The third-order valence-corrected chi connectivity index (χ3v) is 3.52. The molecule has 106 valence electrons. The highest BCUT2D eigenvalue weighted by atomic mass is 32.2. The fourth-order valence-electron chi connectivity index (χ4n) is 1.53. The number of esters is 1. The van der Waals surface area contributed by atoms with Crippen molar-refractivity contribution >= 4 is 23.4 Å². The fourth-order valence-corrected chi connectivity index (χ4v) is 2.33. The van der Waals surface area contributed by atoms with Gasteiger partial charge in [0.2, 0.25) is 0 Å². The van der Waals surface area contributed by atoms with Crippen molar-refractivity contribution in [3.05, 3.63) is 30.1 Å². The molecule has 0 spiro atoms. The monoisotopic (exact) mass is 292 g/mol. The van der Waals surface area contributed by atoms with Crippen molar-refractivity contribution in [1.82, 2.24) is 15.2 Å². The van der Waals surface area contributed by atoms with E-state index in [0.717, 1.165) is 17.7 Å². The first-order chi connectivity index (χ1) is 9.70. The van der Waals surface area contributed by atoms with Crippen molar-refractivity contribution in [1.29, 1.82) is 0 Å². The number of aromatic amines is 1. The van der Waals surface area contributed by atoms with Gasteiger partial charge in [-0.2, -0.15) is 5.10 Å². The number of ether oxygens (including phenoxy) is 1. The van der Waals surface area contributed by atoms with Gasteiger partial charge in [-0.15, -0.1) is 0 Å². The molecule has 0 saturated heterocycles. The number of nitrogens with one attached hydrogen (secondary N) is 1. The fraction of sp³-hybridized carbons (Fsp3) is 0.308. The molecular formula is C13H16N4O2S. The number of carbonyl (C=O) groups is 1. The minimum atomic E-state index is -0.368. The maximum Gasteiger partial charge on any atom is 0.339 e. The zero-order chi connectivity index (χ0) is 14.4. The first-order valence-corrected chi connectivity index (χ1v) is 7.12. The quantitative estimate of drug-likeness (QED) is 0.482. The molecule has 0 atom stereocenters. The molecule has 2 rings (SSSR count). The molecule has 2 aromatic rings. The van der Waals surface area contributed by atoms with Crippen LogP contribution in [0.4, 0.5) is 5.69 Å². The van der Waals surface area contributed by atoms with Crippen molar-refractivity contribution in [2.24, 2.45) is 0 Å². The molecule has 0 unspecified atom stereocenters. The number of hydrogen-bond acceptors (Lipinski definition) is 6. The van der Waals surface area contributed by atoms with Crippen LogP contribution >= 0.6 is 11.8 Å². The largest absolute Gasteiger partial charge is 0.462 e. The van der Waals surface area contributed by atoms with Crippen LogP contribution in [0.2, 0.25) is 0 Å². The summed E-state index contributed by atoms with van der Waals surface area (Å²) in [5.74, 6) is -0.368. The smallest absolute Gasteiger partial charge is 0.339 e. The summed E-state index contributed by atoms with van der Waals surface area (Å²) in [5, 5.41) is 7.12. The van der Waals surface area contributed by atoms with Gasteiger partial charge < -0.3 is 10.5 Å². The summed E-state index contributed by atoms with van der Waals surface area (Å²) in [6, 6.07) is 5.13. The number of hydrogen-bond donors (Lipinski definition) is 2. The lowest BCUT2D eigenvalue weighted by Crippen LogP contribution is -2.08. The predicted octanol–water partition coefficient (Wildman–Crippen LogP) is 2.50. The van der Waals surface area contributed by atoms with E-state index in [1.54, 1.807) is 18.2 Å². The number of H-pyrrole nitrogens is 1. The second-order valence-corrected chi connectivity index (χ2v) is 5.17. The van der Waals surface area contributed by atoms with Gasteiger partial charge in [-0.25, -0.2) is 9.78 Å². The minimum absolute atomic E-state index is 0.368. The summed E-state index contributed by atoms with van der Waals surface area (Å²) >= 11 is 1.31. The second-order valence-electron chi connectivity index (χ2n) is 4.14. The van der Waals surface area contributed by atoms with Crippen LogP contribution in [0.25, 0.3) is 0 Å². The summed E-state index contributed by atoms with van der Waals surface area (Å²) in [7, 11) is 0. The summed E-state index contributed by atoms with van der Waals surface area (Å²) in [4.78, 5) is 16.8. The van der Waals surface area contributed by atoms with E-state index in [1.165, 1.54) is 18.1 Å². The first kappa shape index (κ1) is 14.4. The molecule has 0 aliphatic heterocycles. The van der Waals surface area contributed by atoms with Gasteiger partial charge in [-0.1, -0.05) is 13.3 Å². The Hall–Kier alpha value is -2.02. The van der Waals surface area contributed by atoms with E-state index >= 15 is 0 Å². The van der Waals surface area contributed by atoms with Crippen molar-refractivity contribution < 1.29 is 9.53 Å². The van der Waals surface area contributed by atoms with Crippen LogP contribution in [-0.4, -0.2) is 27.8 Å². The number of anilines is 1. The highest BCUT2D eigenvalue weighted by Gasteiger charge is 2.15. The zero-order valence-electron chi connectivity index (χ0n) is 11.1. The third-order valence-electron chi connectivity index (χ3n) is 2.55. The summed E-state index contributed by atoms with van der Waals surface area (Å²) in [6.07, 6.45) is 3.24. The molecule has 7 heteroatoms. The number of nitrogens with two attached hydrogens (primary N) is 1. The average Bonchev–Trinajstić information content (AvgIpc) is 2.94. The molecule has 20 heavy (non-hydrogen) atoms. The Labute approximate surface area is 121 Å². The molecular weight excluding hydrogens is 276 g/mol. The topological polar surface area (TPSA) is 93.9 Å². The van der Waals surface area contributed by atoms with E-state index in [1.807, 2.05) is 6.92 Å². The molecule has 1 aromatic heterocycles. The van der Waals surface area contributed by atoms with Crippen molar-refractivity contribution in [2.45, 2.75) is 29.8 Å². The molecule has 0 saturated carbocycles. The van der Waals surface area contributed by atoms with Gasteiger partial charge in [-0.05, 0) is 36.4 Å². The van der Waals surface area contributed by atoms with Crippen molar-refractivity contribution in [3.63, 3.8) is 0 Å². The molecule has 1 aromatic carbocycles. The van der Waals surface area contributed by atoms with Gasteiger partial charge in [-0.3, -0.25) is 5.10 Å². The number of aromatic nitrogens is 3. The Morgan fingerprint density at radius 3 is 3.05 bits per heavy atom. The number of benzene rings is 1. The Balaban J connectivity index is 2.17. The summed E-state index contributed by atoms with van der Waals surface area (Å²) in [5.41, 5.74) is 6.71. The molecule has 6 nitrogen and oxygen atoms in total. The lowest BCUT2D eigenvalue weighted by atomic mass is 10.2. The second kappa shape index (κ2) is 6.95. The van der Waals surface area contributed by atoms with Crippen LogP contribution in [0.15, 0.2) is 34.6 Å². The molecule has 0 amide bonds. The maximum atomic E-state index is 12.1. The van der Waals surface area contributed by atoms with Crippen LogP contribution in [0, 0.1) is 0 Å². The van der Waals surface area contributed by atoms with E-state index < -0.39 is 0 Å². The van der Waals surface area contributed by atoms with E-state index in [0.29, 0.717) is 23.0 Å². The van der Waals surface area contributed by atoms with Crippen molar-refractivity contribution in [3.8, 4) is 0 Å². The summed E-state index contributed by atoms with van der Waals surface area (Å²) < 4.78 is 5.23. The standard InChI is InChI=1S/C13H16N4O2S/c1-2-3-6-19-12(18)10-7-9(14)4-5-11(10)20-13-15-8-16-17-13/h4-5,7-8H,2-3,6,14H2,1H3,(H,15,16,17). The van der Waals surface area contributed by atoms with E-state index in [4.69, 9.17) is 10.5 Å². The highest BCUT2D eigenvalue weighted by molar-refractivity contribution is 7.99. The van der Waals surface area contributed by atoms with Gasteiger partial charge >= 0.3 is 5.97 Å². The number of nitrogen functional groups attached to an aromatic ring is 1. The molecule has 0 bridgehead atoms. The highest BCUT2D eigenvalue weighted by Crippen LogP contribution is 2.29. The normalized spacial score (nSPS) is 10.4. The van der Waals surface area contributed by atoms with Gasteiger partial charge in [0.1, 0.15) is 6.33 Å². The van der Waals surface area contributed by atoms with Crippen LogP contribution in [0.5, 0.6) is 0 Å². The van der Waals surface area contributed by atoms with E-state index in [2.05, 4.69) is 15.2 Å². The minimum Gasteiger partial charge on any atom is -0.462 e. The Morgan fingerprint density at radius 1 is 1.50 bits per heavy atom. The third kappa shape index (κ3) is 3.74. The van der Waals surface area contributed by atoms with E-state index in [9.17, 15) is 4.79 Å². The average molecular weight is 292 g/mol. The van der Waals surface area contributed by atoms with Gasteiger partial charge in [0, 0.05) is 10.6 Å². The Bertz CT molecular complexity index is 572. The molecule has 0 aliphatic carbocycles. The van der Waals surface area contributed by atoms with Crippen molar-refractivity contribution in [2.75, 3.05) is 12.3 Å². The SMILES string of the molecule is CCCCOC(=O)c1cc(N)ccc1Sc1ncn[nH]1. The Morgan fingerprint density at radius 2 is 2.35 bits per heavy atom. The van der Waals surface area contributed by atoms with Gasteiger partial charge in [0.05, 0.1) is 12.2 Å². The zero-order valence-corrected chi connectivity index (χ0v) is 11.9. The van der Waals surface area contributed by atoms with Gasteiger partial charge in [0.15, 0.2) is 5.16 Å². The van der Waals surface area contributed by atoms with Crippen LogP contribution in [0.3, 0.4) is 0 Å². The van der Waals surface area contributed by atoms with E-state index in [-0.39, 0.29) is 5.97 Å². The predicted molar refractivity (Wildman–Crippen MR) is 76.6 cm³/mol. The Kier molecular flexibility index (Phi) is 5.00. The molecule has 0 aliphatic rings. The van der Waals surface area contributed by atoms with Crippen LogP contribution in [0.1, 0.15) is 30.1 Å². The van der Waals surface area contributed by atoms with Crippen LogP contribution < -0.4 is 5.73 Å². The first-order valence-electron chi connectivity index (χ1n) is 6.30. The summed E-state index contributed by atoms with van der Waals surface area (Å²) in [6.45, 7) is 2.45. The van der Waals surface area contributed by atoms with Crippen LogP contribution in [-0.2, 0) is 4.74 Å². The number of rotatable bonds is 6.